The van der Waals surface area contributed by atoms with Crippen molar-refractivity contribution >= 4 is 11.6 Å². The topological polar surface area (TPSA) is 75.4 Å². The van der Waals surface area contributed by atoms with Gasteiger partial charge in [0.2, 0.25) is 5.91 Å². The summed E-state index contributed by atoms with van der Waals surface area (Å²) in [6.07, 6.45) is 0.266. The lowest BCUT2D eigenvalue weighted by atomic mass is 10.0. The van der Waals surface area contributed by atoms with Crippen molar-refractivity contribution in [2.75, 3.05) is 5.32 Å². The van der Waals surface area contributed by atoms with Crippen molar-refractivity contribution in [2.24, 2.45) is 5.73 Å². The SMILES string of the molecule is Cc1ccc(NC(=O)Cc2ccccc2CN)cc1O. The summed E-state index contributed by atoms with van der Waals surface area (Å²) in [6.45, 7) is 2.22. The van der Waals surface area contributed by atoms with Crippen molar-refractivity contribution in [3.8, 4) is 5.75 Å². The molecule has 2 aromatic rings. The third-order valence-electron chi connectivity index (χ3n) is 3.18. The second kappa shape index (κ2) is 6.21. The molecule has 0 bridgehead atoms. The summed E-state index contributed by atoms with van der Waals surface area (Å²) in [7, 11) is 0. The summed E-state index contributed by atoms with van der Waals surface area (Å²) < 4.78 is 0. The quantitative estimate of drug-likeness (QED) is 0.798. The minimum absolute atomic E-state index is 0.130. The molecule has 0 fully saturated rings. The number of amides is 1. The van der Waals surface area contributed by atoms with Crippen LogP contribution in [-0.4, -0.2) is 11.0 Å². The van der Waals surface area contributed by atoms with E-state index in [1.807, 2.05) is 24.3 Å². The molecular weight excluding hydrogens is 252 g/mol. The Morgan fingerprint density at radius 1 is 1.20 bits per heavy atom. The Labute approximate surface area is 118 Å². The molecule has 4 heteroatoms. The van der Waals surface area contributed by atoms with Gasteiger partial charge in [-0.2, -0.15) is 0 Å². The van der Waals surface area contributed by atoms with E-state index < -0.39 is 0 Å². The zero-order valence-electron chi connectivity index (χ0n) is 11.4. The van der Waals surface area contributed by atoms with E-state index in [0.29, 0.717) is 12.2 Å². The zero-order valence-corrected chi connectivity index (χ0v) is 11.4. The number of carbonyl (C=O) groups is 1. The van der Waals surface area contributed by atoms with Gasteiger partial charge in [-0.25, -0.2) is 0 Å². The molecule has 4 nitrogen and oxygen atoms in total. The number of nitrogens with one attached hydrogen (secondary N) is 1. The van der Waals surface area contributed by atoms with Crippen molar-refractivity contribution in [1.29, 1.82) is 0 Å². The predicted molar refractivity (Wildman–Crippen MR) is 79.5 cm³/mol. The lowest BCUT2D eigenvalue weighted by molar-refractivity contribution is -0.115. The fourth-order valence-electron chi connectivity index (χ4n) is 1.99. The third-order valence-corrected chi connectivity index (χ3v) is 3.18. The first-order valence-corrected chi connectivity index (χ1v) is 6.46. The van der Waals surface area contributed by atoms with Crippen LogP contribution in [0.4, 0.5) is 5.69 Å². The molecule has 104 valence electrons. The van der Waals surface area contributed by atoms with Gasteiger partial charge in [-0.05, 0) is 29.7 Å². The highest BCUT2D eigenvalue weighted by atomic mass is 16.3. The van der Waals surface area contributed by atoms with Crippen molar-refractivity contribution in [1.82, 2.24) is 0 Å². The van der Waals surface area contributed by atoms with E-state index in [9.17, 15) is 9.90 Å². The maximum Gasteiger partial charge on any atom is 0.228 e. The molecular formula is C16H18N2O2. The van der Waals surface area contributed by atoms with Crippen LogP contribution in [0.25, 0.3) is 0 Å². The maximum absolute atomic E-state index is 12.0. The first kappa shape index (κ1) is 14.1. The van der Waals surface area contributed by atoms with E-state index in [4.69, 9.17) is 5.73 Å². The van der Waals surface area contributed by atoms with Gasteiger partial charge in [-0.3, -0.25) is 4.79 Å². The average molecular weight is 270 g/mol. The van der Waals surface area contributed by atoms with Crippen LogP contribution >= 0.6 is 0 Å². The van der Waals surface area contributed by atoms with Crippen LogP contribution in [0.2, 0.25) is 0 Å². The average Bonchev–Trinajstić information content (AvgIpc) is 2.43. The number of aryl methyl sites for hydroxylation is 1. The summed E-state index contributed by atoms with van der Waals surface area (Å²) in [5, 5.41) is 12.4. The van der Waals surface area contributed by atoms with Crippen LogP contribution in [0.1, 0.15) is 16.7 Å². The molecule has 20 heavy (non-hydrogen) atoms. The Morgan fingerprint density at radius 2 is 1.90 bits per heavy atom. The largest absolute Gasteiger partial charge is 0.508 e. The number of phenolic OH excluding ortho intramolecular Hbond substituents is 1. The molecule has 0 spiro atoms. The first-order valence-electron chi connectivity index (χ1n) is 6.46. The second-order valence-corrected chi connectivity index (χ2v) is 4.70. The van der Waals surface area contributed by atoms with Gasteiger partial charge in [0.1, 0.15) is 5.75 Å². The Bertz CT molecular complexity index is 624. The standard InChI is InChI=1S/C16H18N2O2/c1-11-6-7-14(9-15(11)19)18-16(20)8-12-4-2-3-5-13(12)10-17/h2-7,9,19H,8,10,17H2,1H3,(H,18,20). The summed E-state index contributed by atoms with van der Waals surface area (Å²) in [6, 6.07) is 12.7. The lowest BCUT2D eigenvalue weighted by Gasteiger charge is -2.09. The van der Waals surface area contributed by atoms with Crippen LogP contribution < -0.4 is 11.1 Å². The fraction of sp³-hybridized carbons (Fsp3) is 0.188. The Balaban J connectivity index is 2.07. The van der Waals surface area contributed by atoms with Crippen LogP contribution in [0.15, 0.2) is 42.5 Å². The predicted octanol–water partition coefficient (Wildman–Crippen LogP) is 2.34. The lowest BCUT2D eigenvalue weighted by Crippen LogP contribution is -2.16. The van der Waals surface area contributed by atoms with Crippen molar-refractivity contribution < 1.29 is 9.90 Å². The molecule has 0 radical (unpaired) electrons. The number of carbonyl (C=O) groups excluding carboxylic acids is 1. The monoisotopic (exact) mass is 270 g/mol. The second-order valence-electron chi connectivity index (χ2n) is 4.70. The normalized spacial score (nSPS) is 10.3. The number of hydrogen-bond donors (Lipinski definition) is 3. The number of phenols is 1. The maximum atomic E-state index is 12.0. The molecule has 0 unspecified atom stereocenters. The molecule has 0 saturated carbocycles. The molecule has 0 aliphatic rings. The van der Waals surface area contributed by atoms with Gasteiger partial charge in [0.25, 0.3) is 0 Å². The van der Waals surface area contributed by atoms with E-state index in [-0.39, 0.29) is 18.1 Å². The molecule has 0 aromatic heterocycles. The number of nitrogens with two attached hydrogens (primary N) is 1. The fourth-order valence-corrected chi connectivity index (χ4v) is 1.99. The van der Waals surface area contributed by atoms with Gasteiger partial charge < -0.3 is 16.2 Å². The van der Waals surface area contributed by atoms with Gasteiger partial charge >= 0.3 is 0 Å². The molecule has 4 N–H and O–H groups in total. The van der Waals surface area contributed by atoms with E-state index >= 15 is 0 Å². The molecule has 0 saturated heterocycles. The smallest absolute Gasteiger partial charge is 0.228 e. The molecule has 0 aliphatic carbocycles. The van der Waals surface area contributed by atoms with Gasteiger partial charge in [-0.1, -0.05) is 30.3 Å². The number of anilines is 1. The highest BCUT2D eigenvalue weighted by molar-refractivity contribution is 5.92. The molecule has 1 amide bonds. The van der Waals surface area contributed by atoms with Crippen molar-refractivity contribution in [2.45, 2.75) is 19.9 Å². The molecule has 2 aromatic carbocycles. The highest BCUT2D eigenvalue weighted by Crippen LogP contribution is 2.21. The Morgan fingerprint density at radius 3 is 2.55 bits per heavy atom. The van der Waals surface area contributed by atoms with Gasteiger partial charge in [0.05, 0.1) is 6.42 Å². The Hall–Kier alpha value is -2.33. The van der Waals surface area contributed by atoms with Crippen LogP contribution in [0, 0.1) is 6.92 Å². The molecule has 0 aliphatic heterocycles. The number of rotatable bonds is 4. The minimum atomic E-state index is -0.130. The van der Waals surface area contributed by atoms with E-state index in [2.05, 4.69) is 5.32 Å². The van der Waals surface area contributed by atoms with Crippen molar-refractivity contribution in [3.63, 3.8) is 0 Å². The molecule has 0 atom stereocenters. The van der Waals surface area contributed by atoms with Crippen LogP contribution in [-0.2, 0) is 17.8 Å². The van der Waals surface area contributed by atoms with Crippen LogP contribution in [0.5, 0.6) is 5.75 Å². The summed E-state index contributed by atoms with van der Waals surface area (Å²) in [5.41, 5.74) is 8.90. The molecule has 0 heterocycles. The number of aromatic hydroxyl groups is 1. The third kappa shape index (κ3) is 3.36. The first-order chi connectivity index (χ1) is 9.60. The van der Waals surface area contributed by atoms with E-state index in [1.54, 1.807) is 25.1 Å². The van der Waals surface area contributed by atoms with Crippen molar-refractivity contribution in [3.05, 3.63) is 59.2 Å². The van der Waals surface area contributed by atoms with E-state index in [0.717, 1.165) is 16.7 Å². The van der Waals surface area contributed by atoms with Gasteiger partial charge in [0.15, 0.2) is 0 Å². The van der Waals surface area contributed by atoms with E-state index in [1.165, 1.54) is 0 Å². The number of benzene rings is 2. The molecule has 2 rings (SSSR count). The highest BCUT2D eigenvalue weighted by Gasteiger charge is 2.08. The van der Waals surface area contributed by atoms with Crippen LogP contribution in [0.3, 0.4) is 0 Å². The van der Waals surface area contributed by atoms with Gasteiger partial charge in [-0.15, -0.1) is 0 Å². The van der Waals surface area contributed by atoms with Gasteiger partial charge in [0, 0.05) is 18.3 Å². The minimum Gasteiger partial charge on any atom is -0.508 e. The summed E-state index contributed by atoms with van der Waals surface area (Å²) in [5.74, 6) is 0.0410. The summed E-state index contributed by atoms with van der Waals surface area (Å²) in [4.78, 5) is 12.0. The number of hydrogen-bond acceptors (Lipinski definition) is 3. The zero-order chi connectivity index (χ0) is 14.5. The summed E-state index contributed by atoms with van der Waals surface area (Å²) >= 11 is 0. The Kier molecular flexibility index (Phi) is 4.38.